The van der Waals surface area contributed by atoms with Gasteiger partial charge in [-0.1, -0.05) is 0 Å². The zero-order chi connectivity index (χ0) is 22.3. The van der Waals surface area contributed by atoms with Gasteiger partial charge in [0.1, 0.15) is 30.5 Å². The zero-order valence-electron chi connectivity index (χ0n) is 12.9. The summed E-state index contributed by atoms with van der Waals surface area (Å²) in [4.78, 5) is 70.5. The van der Waals surface area contributed by atoms with Crippen LogP contribution in [0.5, 0.6) is 0 Å². The van der Waals surface area contributed by atoms with E-state index in [4.69, 9.17) is 39.1 Å². The fourth-order valence-corrected chi connectivity index (χ4v) is 4.47. The minimum atomic E-state index is -5.67. The van der Waals surface area contributed by atoms with E-state index in [1.54, 1.807) is 0 Å². The first-order valence-electron chi connectivity index (χ1n) is 6.48. The average molecular weight is 502 g/mol. The second kappa shape index (κ2) is 8.83. The van der Waals surface area contributed by atoms with Gasteiger partial charge < -0.3 is 44.3 Å². The van der Waals surface area contributed by atoms with E-state index in [1.807, 2.05) is 0 Å². The van der Waals surface area contributed by atoms with Crippen LogP contribution in [0.2, 0.25) is 0 Å². The molecule has 0 saturated heterocycles. The standard InChI is InChI=1S/C6H15FO17P4/c7-1-3(21-25(9,10)11)5(23-27(15,16)17)2(8)6(24-28(18,19)20)4(1)22-26(12,13)14/h1-6,8H,(H2,9,10,11)(H2,12,13,14)(H2,15,16,17)(H2,18,19,20). The summed E-state index contributed by atoms with van der Waals surface area (Å²) in [6, 6.07) is 0. The summed E-state index contributed by atoms with van der Waals surface area (Å²) in [5, 5.41) is 10.0. The monoisotopic (exact) mass is 502 g/mol. The Morgan fingerprint density at radius 3 is 0.964 bits per heavy atom. The second-order valence-electron chi connectivity index (χ2n) is 5.18. The number of alkyl halides is 1. The molecule has 28 heavy (non-hydrogen) atoms. The van der Waals surface area contributed by atoms with E-state index in [9.17, 15) is 27.8 Å². The fraction of sp³-hybridized carbons (Fsp3) is 1.00. The molecule has 1 rings (SSSR count). The SMILES string of the molecule is O=P(O)(O)OC1C(O)C(OP(=O)(O)O)C(OP(=O)(O)O)C(F)C1OP(=O)(O)O. The molecular formula is C6H15FO17P4. The lowest BCUT2D eigenvalue weighted by molar-refractivity contribution is -0.192. The topological polar surface area (TPSA) is 287 Å². The molecule has 0 radical (unpaired) electrons. The summed E-state index contributed by atoms with van der Waals surface area (Å²) in [6.45, 7) is 0. The predicted molar refractivity (Wildman–Crippen MR) is 78.6 cm³/mol. The molecule has 9 N–H and O–H groups in total. The van der Waals surface area contributed by atoms with Crippen molar-refractivity contribution in [2.45, 2.75) is 36.7 Å². The first-order valence-corrected chi connectivity index (χ1v) is 12.6. The Kier molecular flexibility index (Phi) is 8.31. The molecule has 0 aliphatic heterocycles. The number of rotatable bonds is 8. The lowest BCUT2D eigenvalue weighted by Crippen LogP contribution is -2.64. The van der Waals surface area contributed by atoms with E-state index in [1.165, 1.54) is 0 Å². The van der Waals surface area contributed by atoms with Crippen molar-refractivity contribution in [3.63, 3.8) is 0 Å². The van der Waals surface area contributed by atoms with Crippen LogP contribution >= 0.6 is 31.3 Å². The van der Waals surface area contributed by atoms with Crippen molar-refractivity contribution in [1.82, 2.24) is 0 Å². The van der Waals surface area contributed by atoms with Gasteiger partial charge in [-0.15, -0.1) is 0 Å². The van der Waals surface area contributed by atoms with Gasteiger partial charge in [0.15, 0.2) is 6.17 Å². The van der Waals surface area contributed by atoms with Crippen molar-refractivity contribution >= 4 is 31.3 Å². The van der Waals surface area contributed by atoms with Crippen molar-refractivity contribution in [1.29, 1.82) is 0 Å². The second-order valence-corrected chi connectivity index (χ2v) is 9.95. The summed E-state index contributed by atoms with van der Waals surface area (Å²) in [7, 11) is -22.6. The van der Waals surface area contributed by atoms with E-state index in [0.29, 0.717) is 0 Å². The van der Waals surface area contributed by atoms with Gasteiger partial charge in [0.05, 0.1) is 0 Å². The number of aliphatic hydroxyl groups excluding tert-OH is 1. The Morgan fingerprint density at radius 1 is 0.536 bits per heavy atom. The molecule has 4 atom stereocenters. The lowest BCUT2D eigenvalue weighted by Gasteiger charge is -2.44. The van der Waals surface area contributed by atoms with Gasteiger partial charge in [-0.25, -0.2) is 22.7 Å². The van der Waals surface area contributed by atoms with Gasteiger partial charge in [-0.3, -0.25) is 18.1 Å². The van der Waals surface area contributed by atoms with Crippen LogP contribution in [0.3, 0.4) is 0 Å². The molecule has 1 aliphatic carbocycles. The van der Waals surface area contributed by atoms with Gasteiger partial charge in [0.25, 0.3) is 0 Å². The van der Waals surface area contributed by atoms with Gasteiger partial charge in [-0.05, 0) is 0 Å². The number of phosphoric acid groups is 4. The van der Waals surface area contributed by atoms with Gasteiger partial charge in [0, 0.05) is 0 Å². The van der Waals surface area contributed by atoms with E-state index in [-0.39, 0.29) is 0 Å². The first-order chi connectivity index (χ1) is 12.2. The molecule has 17 nitrogen and oxygen atoms in total. The molecule has 0 aromatic heterocycles. The average Bonchev–Trinajstić information content (AvgIpc) is 2.39. The number of hydrogen-bond acceptors (Lipinski definition) is 9. The quantitative estimate of drug-likeness (QED) is 0.156. The molecule has 0 aromatic rings. The van der Waals surface area contributed by atoms with Gasteiger partial charge >= 0.3 is 31.3 Å². The maximum absolute atomic E-state index is 14.7. The molecule has 0 bridgehead atoms. The summed E-state index contributed by atoms with van der Waals surface area (Å²) in [6.07, 6.45) is -17.1. The van der Waals surface area contributed by atoms with E-state index < -0.39 is 68.0 Å². The van der Waals surface area contributed by atoms with Crippen LogP contribution < -0.4 is 0 Å². The van der Waals surface area contributed by atoms with Crippen LogP contribution in [0.15, 0.2) is 0 Å². The molecule has 1 fully saturated rings. The van der Waals surface area contributed by atoms with E-state index in [0.717, 1.165) is 0 Å². The largest absolute Gasteiger partial charge is 0.470 e. The molecule has 0 heterocycles. The third-order valence-electron chi connectivity index (χ3n) is 2.98. The predicted octanol–water partition coefficient (Wildman–Crippen LogP) is -2.39. The fourth-order valence-electron chi connectivity index (χ4n) is 2.24. The summed E-state index contributed by atoms with van der Waals surface area (Å²) < 4.78 is 74.5. The van der Waals surface area contributed by atoms with E-state index >= 15 is 0 Å². The smallest absolute Gasteiger partial charge is 0.387 e. The highest BCUT2D eigenvalue weighted by molar-refractivity contribution is 7.47. The Bertz CT molecular complexity index is 610. The summed E-state index contributed by atoms with van der Waals surface area (Å²) in [5.74, 6) is 0. The molecule has 0 aromatic carbocycles. The highest BCUT2D eigenvalue weighted by atomic mass is 31.2. The molecule has 22 heteroatoms. The van der Waals surface area contributed by atoms with Crippen LogP contribution in [0.1, 0.15) is 0 Å². The molecule has 1 aliphatic rings. The van der Waals surface area contributed by atoms with Crippen LogP contribution in [0.25, 0.3) is 0 Å². The van der Waals surface area contributed by atoms with Gasteiger partial charge in [0.2, 0.25) is 0 Å². The Morgan fingerprint density at radius 2 is 0.750 bits per heavy atom. The molecule has 1 saturated carbocycles. The summed E-state index contributed by atoms with van der Waals surface area (Å²) >= 11 is 0. The number of halogens is 1. The highest BCUT2D eigenvalue weighted by Crippen LogP contribution is 2.52. The lowest BCUT2D eigenvalue weighted by atomic mass is 9.86. The molecule has 0 amide bonds. The minimum absolute atomic E-state index is 2.74. The number of phosphoric ester groups is 4. The van der Waals surface area contributed by atoms with Crippen molar-refractivity contribution in [2.24, 2.45) is 0 Å². The Labute approximate surface area is 154 Å². The van der Waals surface area contributed by atoms with Crippen LogP contribution in [-0.2, 0) is 36.4 Å². The highest BCUT2D eigenvalue weighted by Gasteiger charge is 2.59. The molecule has 168 valence electrons. The first kappa shape index (κ1) is 26.4. The van der Waals surface area contributed by atoms with Crippen LogP contribution in [-0.4, -0.2) is 80.9 Å². The number of aliphatic hydroxyl groups is 1. The Hall–Kier alpha value is 0.330. The maximum Gasteiger partial charge on any atom is 0.470 e. The van der Waals surface area contributed by atoms with Crippen molar-refractivity contribution in [3.8, 4) is 0 Å². The summed E-state index contributed by atoms with van der Waals surface area (Å²) in [5.41, 5.74) is 0. The normalized spacial score (nSPS) is 33.1. The maximum atomic E-state index is 14.7. The number of hydrogen-bond donors (Lipinski definition) is 9. The van der Waals surface area contributed by atoms with Gasteiger partial charge in [-0.2, -0.15) is 0 Å². The third-order valence-corrected chi connectivity index (χ3v) is 5.06. The minimum Gasteiger partial charge on any atom is -0.387 e. The Balaban J connectivity index is 3.47. The van der Waals surface area contributed by atoms with Crippen molar-refractivity contribution in [3.05, 3.63) is 0 Å². The molecule has 4 unspecified atom stereocenters. The van der Waals surface area contributed by atoms with Crippen LogP contribution in [0.4, 0.5) is 4.39 Å². The molecular weight excluding hydrogens is 487 g/mol. The van der Waals surface area contributed by atoms with Crippen molar-refractivity contribution in [2.75, 3.05) is 0 Å². The molecule has 0 spiro atoms. The van der Waals surface area contributed by atoms with Crippen LogP contribution in [0, 0.1) is 0 Å². The van der Waals surface area contributed by atoms with Crippen molar-refractivity contribution < 1.29 is 85.0 Å². The zero-order valence-corrected chi connectivity index (χ0v) is 16.5. The van der Waals surface area contributed by atoms with E-state index in [2.05, 4.69) is 18.1 Å². The third kappa shape index (κ3) is 8.60.